The maximum absolute atomic E-state index is 13.2. The van der Waals surface area contributed by atoms with Gasteiger partial charge in [0.2, 0.25) is 0 Å². The Balaban J connectivity index is 2.03. The minimum atomic E-state index is -1.43. The molecule has 0 saturated carbocycles. The van der Waals surface area contributed by atoms with Gasteiger partial charge in [0, 0.05) is 39.4 Å². The molecule has 29 heavy (non-hydrogen) atoms. The fourth-order valence-electron chi connectivity index (χ4n) is 2.66. The number of nitrogens with one attached hydrogen (secondary N) is 1. The Morgan fingerprint density at radius 3 is 2.59 bits per heavy atom. The molecule has 1 aromatic carbocycles. The fraction of sp³-hybridized carbons (Fsp3) is 0.474. The van der Waals surface area contributed by atoms with Gasteiger partial charge in [-0.25, -0.2) is 19.1 Å². The lowest BCUT2D eigenvalue weighted by molar-refractivity contribution is 0.195. The van der Waals surface area contributed by atoms with Crippen LogP contribution in [0.1, 0.15) is 45.1 Å². The monoisotopic (exact) mass is 461 g/mol. The van der Waals surface area contributed by atoms with Gasteiger partial charge in [0.25, 0.3) is 0 Å². The molecule has 0 saturated heterocycles. The molecule has 0 aliphatic carbocycles. The maximum atomic E-state index is 13.2. The van der Waals surface area contributed by atoms with Crippen LogP contribution in [0.4, 0.5) is 14.3 Å². The quantitative estimate of drug-likeness (QED) is 0.567. The summed E-state index contributed by atoms with van der Waals surface area (Å²) in [6.07, 6.45) is 0.902. The van der Waals surface area contributed by atoms with E-state index >= 15 is 0 Å². The summed E-state index contributed by atoms with van der Waals surface area (Å²) in [4.78, 5) is 17.7. The van der Waals surface area contributed by atoms with Gasteiger partial charge < -0.3 is 9.66 Å². The van der Waals surface area contributed by atoms with Crippen molar-refractivity contribution in [2.45, 2.75) is 57.9 Å². The van der Waals surface area contributed by atoms with E-state index in [2.05, 4.69) is 9.71 Å². The lowest BCUT2D eigenvalue weighted by Gasteiger charge is -2.30. The number of thiazole rings is 1. The SMILES string of the molecule is CC(C)(C)N(C(=O)O)c1ncc(CN[S@+]([O-])C(C)(C)Cc2ccc(F)cc2Cl)s1. The Labute approximate surface area is 182 Å². The van der Waals surface area contributed by atoms with Crippen molar-refractivity contribution >= 4 is 45.5 Å². The minimum absolute atomic E-state index is 0.280. The zero-order chi connectivity index (χ0) is 22.0. The molecule has 0 aliphatic heterocycles. The van der Waals surface area contributed by atoms with Gasteiger partial charge in [-0.2, -0.15) is 0 Å². The van der Waals surface area contributed by atoms with Crippen molar-refractivity contribution in [3.05, 3.63) is 45.7 Å². The number of benzene rings is 1. The first-order valence-electron chi connectivity index (χ1n) is 8.88. The van der Waals surface area contributed by atoms with Gasteiger partial charge in [0.15, 0.2) is 5.13 Å². The molecule has 2 aromatic rings. The van der Waals surface area contributed by atoms with Crippen molar-refractivity contribution in [3.8, 4) is 0 Å². The van der Waals surface area contributed by atoms with Gasteiger partial charge in [-0.1, -0.05) is 29.0 Å². The molecule has 6 nitrogen and oxygen atoms in total. The van der Waals surface area contributed by atoms with E-state index in [9.17, 15) is 18.8 Å². The van der Waals surface area contributed by atoms with Crippen LogP contribution < -0.4 is 9.62 Å². The first-order chi connectivity index (χ1) is 13.3. The molecular weight excluding hydrogens is 437 g/mol. The Kier molecular flexibility index (Phi) is 7.56. The summed E-state index contributed by atoms with van der Waals surface area (Å²) in [7, 11) is 0. The molecule has 10 heteroatoms. The zero-order valence-electron chi connectivity index (χ0n) is 17.0. The van der Waals surface area contributed by atoms with E-state index in [-0.39, 0.29) is 6.54 Å². The smallest absolute Gasteiger partial charge is 0.414 e. The van der Waals surface area contributed by atoms with E-state index in [1.54, 1.807) is 33.0 Å². The van der Waals surface area contributed by atoms with Crippen LogP contribution in [0.15, 0.2) is 24.4 Å². The van der Waals surface area contributed by atoms with Crippen LogP contribution >= 0.6 is 22.9 Å². The van der Waals surface area contributed by atoms with Crippen molar-refractivity contribution in [1.29, 1.82) is 0 Å². The van der Waals surface area contributed by atoms with Gasteiger partial charge in [-0.3, -0.25) is 0 Å². The van der Waals surface area contributed by atoms with E-state index < -0.39 is 33.6 Å². The Hall–Kier alpha value is -1.39. The molecule has 0 unspecified atom stereocenters. The standard InChI is InChI=1S/C19H25ClFN3O3S2/c1-18(2,3)24(17(25)26)16-22-10-14(28-16)11-23-29(27)19(4,5)9-12-6-7-13(21)8-15(12)20/h6-8,10,23H,9,11H2,1-5H3,(H,25,26)/t29-/m1/s1. The Bertz CT molecular complexity index is 871. The summed E-state index contributed by atoms with van der Waals surface area (Å²) in [5.41, 5.74) is 0.0868. The highest BCUT2D eigenvalue weighted by Gasteiger charge is 2.34. The summed E-state index contributed by atoms with van der Waals surface area (Å²) in [5, 5.41) is 10.1. The molecule has 0 fully saturated rings. The van der Waals surface area contributed by atoms with Crippen molar-refractivity contribution in [1.82, 2.24) is 9.71 Å². The molecule has 2 N–H and O–H groups in total. The predicted molar refractivity (Wildman–Crippen MR) is 117 cm³/mol. The van der Waals surface area contributed by atoms with E-state index in [1.807, 2.05) is 13.8 Å². The highest BCUT2D eigenvalue weighted by Crippen LogP contribution is 2.30. The van der Waals surface area contributed by atoms with E-state index in [4.69, 9.17) is 11.6 Å². The first kappa shape index (κ1) is 23.9. The first-order valence-corrected chi connectivity index (χ1v) is 11.2. The van der Waals surface area contributed by atoms with Crippen LogP contribution in [0.3, 0.4) is 0 Å². The molecule has 1 amide bonds. The third-order valence-corrected chi connectivity index (χ3v) is 6.99. The van der Waals surface area contributed by atoms with Gasteiger partial charge in [-0.15, -0.1) is 4.72 Å². The number of aromatic nitrogens is 1. The van der Waals surface area contributed by atoms with Crippen LogP contribution in [0.25, 0.3) is 0 Å². The molecule has 0 spiro atoms. The molecule has 0 bridgehead atoms. The predicted octanol–water partition coefficient (Wildman–Crippen LogP) is 4.99. The second-order valence-electron chi connectivity index (χ2n) is 8.16. The number of hydrogen-bond donors (Lipinski definition) is 2. The van der Waals surface area contributed by atoms with Gasteiger partial charge in [0.05, 0.1) is 6.54 Å². The van der Waals surface area contributed by atoms with Gasteiger partial charge in [-0.05, 0) is 52.3 Å². The number of carbonyl (C=O) groups is 1. The topological polar surface area (TPSA) is 88.5 Å². The maximum Gasteiger partial charge on any atom is 0.414 e. The zero-order valence-corrected chi connectivity index (χ0v) is 19.3. The van der Waals surface area contributed by atoms with Crippen LogP contribution in [0, 0.1) is 5.82 Å². The molecule has 160 valence electrons. The number of nitrogens with zero attached hydrogens (tertiary/aromatic N) is 2. The minimum Gasteiger partial charge on any atom is -0.598 e. The summed E-state index contributed by atoms with van der Waals surface area (Å²) < 4.78 is 28.3. The lowest BCUT2D eigenvalue weighted by Crippen LogP contribution is -2.45. The third-order valence-electron chi connectivity index (χ3n) is 4.11. The Morgan fingerprint density at radius 2 is 2.03 bits per heavy atom. The van der Waals surface area contributed by atoms with Crippen molar-refractivity contribution in [2.24, 2.45) is 0 Å². The number of anilines is 1. The molecular formula is C19H25ClFN3O3S2. The van der Waals surface area contributed by atoms with E-state index in [0.29, 0.717) is 16.6 Å². The van der Waals surface area contributed by atoms with Crippen molar-refractivity contribution in [3.63, 3.8) is 0 Å². The second kappa shape index (κ2) is 9.18. The molecule has 0 aliphatic rings. The number of carboxylic acid groups (broad SMARTS) is 1. The highest BCUT2D eigenvalue weighted by atomic mass is 35.5. The molecule has 0 radical (unpaired) electrons. The summed E-state index contributed by atoms with van der Waals surface area (Å²) >= 11 is 5.89. The fourth-order valence-corrected chi connectivity index (χ4v) is 4.98. The normalized spacial score (nSPS) is 13.4. The van der Waals surface area contributed by atoms with Gasteiger partial charge >= 0.3 is 6.09 Å². The number of amides is 1. The third kappa shape index (κ3) is 6.29. The number of rotatable bonds is 7. The molecule has 2 rings (SSSR count). The largest absolute Gasteiger partial charge is 0.598 e. The number of hydrogen-bond acceptors (Lipinski definition) is 5. The van der Waals surface area contributed by atoms with Crippen LogP contribution in [0.5, 0.6) is 0 Å². The van der Waals surface area contributed by atoms with Crippen molar-refractivity contribution < 1.29 is 18.8 Å². The Morgan fingerprint density at radius 1 is 1.38 bits per heavy atom. The van der Waals surface area contributed by atoms with Gasteiger partial charge in [0.1, 0.15) is 10.6 Å². The summed E-state index contributed by atoms with van der Waals surface area (Å²) in [6.45, 7) is 9.32. The van der Waals surface area contributed by atoms with E-state index in [1.165, 1.54) is 28.4 Å². The van der Waals surface area contributed by atoms with Crippen LogP contribution in [-0.2, 0) is 24.3 Å². The van der Waals surface area contributed by atoms with Crippen LogP contribution in [0.2, 0.25) is 5.02 Å². The summed E-state index contributed by atoms with van der Waals surface area (Å²) in [5.74, 6) is -0.414. The highest BCUT2D eigenvalue weighted by molar-refractivity contribution is 7.90. The number of halogens is 2. The molecule has 1 heterocycles. The van der Waals surface area contributed by atoms with E-state index in [0.717, 1.165) is 10.4 Å². The summed E-state index contributed by atoms with van der Waals surface area (Å²) in [6, 6.07) is 4.17. The second-order valence-corrected chi connectivity index (χ2v) is 11.6. The average Bonchev–Trinajstić information content (AvgIpc) is 3.01. The average molecular weight is 462 g/mol. The van der Waals surface area contributed by atoms with Crippen LogP contribution in [-0.4, -0.2) is 31.0 Å². The molecule has 1 aromatic heterocycles. The van der Waals surface area contributed by atoms with Crippen molar-refractivity contribution in [2.75, 3.05) is 4.90 Å². The lowest BCUT2D eigenvalue weighted by atomic mass is 10.0. The molecule has 1 atom stereocenters.